The van der Waals surface area contributed by atoms with Crippen molar-refractivity contribution >= 4 is 21.7 Å². The number of rotatable bonds is 3. The Morgan fingerprint density at radius 2 is 2.31 bits per heavy atom. The van der Waals surface area contributed by atoms with Crippen LogP contribution in [-0.4, -0.2) is 16.7 Å². The van der Waals surface area contributed by atoms with Crippen molar-refractivity contribution in [1.29, 1.82) is 0 Å². The highest BCUT2D eigenvalue weighted by Crippen LogP contribution is 2.22. The zero-order valence-electron chi connectivity index (χ0n) is 7.07. The van der Waals surface area contributed by atoms with Gasteiger partial charge < -0.3 is 16.6 Å². The molecule has 0 radical (unpaired) electrons. The summed E-state index contributed by atoms with van der Waals surface area (Å²) in [7, 11) is 0. The van der Waals surface area contributed by atoms with Crippen LogP contribution in [0.4, 0.5) is 5.82 Å². The fourth-order valence-electron chi connectivity index (χ4n) is 1.06. The first-order valence-electron chi connectivity index (χ1n) is 3.92. The molecule has 0 saturated heterocycles. The molecule has 0 saturated carbocycles. The van der Waals surface area contributed by atoms with Crippen molar-refractivity contribution in [2.24, 2.45) is 5.73 Å². The molecule has 1 aromatic rings. The molecular weight excluding hydrogens is 234 g/mol. The summed E-state index contributed by atoms with van der Waals surface area (Å²) in [5.74, 6) is 0.421. The number of aliphatic hydroxyl groups excluding tert-OH is 1. The highest BCUT2D eigenvalue weighted by atomic mass is 79.9. The van der Waals surface area contributed by atoms with E-state index in [4.69, 9.17) is 16.6 Å². The SMILES string of the molecule is Nc1ncc(Br)cc1[C@@H](N)CCO. The van der Waals surface area contributed by atoms with E-state index < -0.39 is 0 Å². The molecule has 1 heterocycles. The lowest BCUT2D eigenvalue weighted by atomic mass is 10.1. The molecule has 0 bridgehead atoms. The summed E-state index contributed by atoms with van der Waals surface area (Å²) in [6.07, 6.45) is 2.10. The molecule has 5 N–H and O–H groups in total. The summed E-state index contributed by atoms with van der Waals surface area (Å²) < 4.78 is 0.838. The van der Waals surface area contributed by atoms with Crippen LogP contribution in [0.25, 0.3) is 0 Å². The van der Waals surface area contributed by atoms with Gasteiger partial charge in [-0.3, -0.25) is 0 Å². The largest absolute Gasteiger partial charge is 0.396 e. The zero-order valence-corrected chi connectivity index (χ0v) is 8.66. The predicted octanol–water partition coefficient (Wildman–Crippen LogP) is 0.808. The van der Waals surface area contributed by atoms with E-state index >= 15 is 0 Å². The number of aliphatic hydroxyl groups is 1. The van der Waals surface area contributed by atoms with E-state index in [1.807, 2.05) is 6.07 Å². The van der Waals surface area contributed by atoms with Gasteiger partial charge in [-0.15, -0.1) is 0 Å². The molecule has 0 aliphatic carbocycles. The van der Waals surface area contributed by atoms with E-state index in [0.717, 1.165) is 10.0 Å². The monoisotopic (exact) mass is 245 g/mol. The minimum absolute atomic E-state index is 0.0487. The van der Waals surface area contributed by atoms with Crippen molar-refractivity contribution < 1.29 is 5.11 Å². The van der Waals surface area contributed by atoms with Gasteiger partial charge in [0.25, 0.3) is 0 Å². The summed E-state index contributed by atoms with van der Waals surface area (Å²) in [6, 6.07) is 1.57. The molecule has 0 amide bonds. The Labute approximate surface area is 85.1 Å². The maximum atomic E-state index is 8.71. The Balaban J connectivity index is 2.91. The normalized spacial score (nSPS) is 12.8. The van der Waals surface area contributed by atoms with Crippen LogP contribution in [0.15, 0.2) is 16.7 Å². The minimum atomic E-state index is -0.255. The van der Waals surface area contributed by atoms with Gasteiger partial charge in [0.2, 0.25) is 0 Å². The lowest BCUT2D eigenvalue weighted by molar-refractivity contribution is 0.276. The average molecular weight is 246 g/mol. The smallest absolute Gasteiger partial charge is 0.128 e. The second-order valence-corrected chi connectivity index (χ2v) is 3.66. The number of aromatic nitrogens is 1. The van der Waals surface area contributed by atoms with Gasteiger partial charge in [0.15, 0.2) is 0 Å². The lowest BCUT2D eigenvalue weighted by Gasteiger charge is -2.12. The molecule has 0 aliphatic rings. The summed E-state index contributed by atoms with van der Waals surface area (Å²) >= 11 is 3.28. The van der Waals surface area contributed by atoms with E-state index in [9.17, 15) is 0 Å². The van der Waals surface area contributed by atoms with Gasteiger partial charge in [0.1, 0.15) is 5.82 Å². The first kappa shape index (κ1) is 10.4. The molecule has 13 heavy (non-hydrogen) atoms. The van der Waals surface area contributed by atoms with Crippen molar-refractivity contribution in [2.75, 3.05) is 12.3 Å². The number of hydrogen-bond acceptors (Lipinski definition) is 4. The second-order valence-electron chi connectivity index (χ2n) is 2.75. The summed E-state index contributed by atoms with van der Waals surface area (Å²) in [5.41, 5.74) is 12.2. The van der Waals surface area contributed by atoms with E-state index in [1.165, 1.54) is 0 Å². The van der Waals surface area contributed by atoms with Crippen LogP contribution in [-0.2, 0) is 0 Å². The van der Waals surface area contributed by atoms with Crippen LogP contribution >= 0.6 is 15.9 Å². The predicted molar refractivity (Wildman–Crippen MR) is 55.0 cm³/mol. The van der Waals surface area contributed by atoms with Crippen LogP contribution in [0.1, 0.15) is 18.0 Å². The molecule has 0 spiro atoms. The topological polar surface area (TPSA) is 85.2 Å². The van der Waals surface area contributed by atoms with Gasteiger partial charge >= 0.3 is 0 Å². The molecular formula is C8H12BrN3O. The van der Waals surface area contributed by atoms with Gasteiger partial charge in [0.05, 0.1) is 0 Å². The standard InChI is InChI=1S/C8H12BrN3O/c9-5-3-6(7(10)1-2-13)8(11)12-4-5/h3-4,7,13H,1-2,10H2,(H2,11,12)/t7-/m0/s1. The molecule has 0 aromatic carbocycles. The number of hydrogen-bond donors (Lipinski definition) is 3. The van der Waals surface area contributed by atoms with Crippen molar-refractivity contribution in [2.45, 2.75) is 12.5 Å². The molecule has 0 fully saturated rings. The quantitative estimate of drug-likeness (QED) is 0.736. The summed E-state index contributed by atoms with van der Waals surface area (Å²) in [6.45, 7) is 0.0487. The third kappa shape index (κ3) is 2.65. The molecule has 0 aliphatic heterocycles. The second kappa shape index (κ2) is 4.55. The van der Waals surface area contributed by atoms with Gasteiger partial charge in [0, 0.05) is 28.9 Å². The van der Waals surface area contributed by atoms with Crippen LogP contribution in [0.2, 0.25) is 0 Å². The molecule has 1 rings (SSSR count). The van der Waals surface area contributed by atoms with Gasteiger partial charge in [-0.25, -0.2) is 4.98 Å². The fraction of sp³-hybridized carbons (Fsp3) is 0.375. The highest BCUT2D eigenvalue weighted by Gasteiger charge is 2.10. The molecule has 5 heteroatoms. The third-order valence-electron chi connectivity index (χ3n) is 1.76. The van der Waals surface area contributed by atoms with Crippen molar-refractivity contribution in [3.05, 3.63) is 22.3 Å². The Kier molecular flexibility index (Phi) is 3.65. The number of anilines is 1. The van der Waals surface area contributed by atoms with Gasteiger partial charge in [-0.1, -0.05) is 0 Å². The van der Waals surface area contributed by atoms with E-state index in [1.54, 1.807) is 6.20 Å². The third-order valence-corrected chi connectivity index (χ3v) is 2.19. The number of nitrogen functional groups attached to an aromatic ring is 1. The Bertz CT molecular complexity index is 293. The maximum Gasteiger partial charge on any atom is 0.128 e. The average Bonchev–Trinajstić information content (AvgIpc) is 2.09. The zero-order chi connectivity index (χ0) is 9.84. The molecule has 72 valence electrons. The molecule has 4 nitrogen and oxygen atoms in total. The highest BCUT2D eigenvalue weighted by molar-refractivity contribution is 9.10. The number of pyridine rings is 1. The van der Waals surface area contributed by atoms with E-state index in [0.29, 0.717) is 12.2 Å². The lowest BCUT2D eigenvalue weighted by Crippen LogP contribution is -2.14. The Hall–Kier alpha value is -0.650. The Morgan fingerprint density at radius 1 is 1.62 bits per heavy atom. The first-order chi connectivity index (χ1) is 6.15. The molecule has 0 unspecified atom stereocenters. The van der Waals surface area contributed by atoms with E-state index in [-0.39, 0.29) is 12.6 Å². The van der Waals surface area contributed by atoms with Crippen molar-refractivity contribution in [3.8, 4) is 0 Å². The summed E-state index contributed by atoms with van der Waals surface area (Å²) in [5, 5.41) is 8.71. The van der Waals surface area contributed by atoms with Gasteiger partial charge in [-0.05, 0) is 28.4 Å². The van der Waals surface area contributed by atoms with Gasteiger partial charge in [-0.2, -0.15) is 0 Å². The van der Waals surface area contributed by atoms with E-state index in [2.05, 4.69) is 20.9 Å². The fourth-order valence-corrected chi connectivity index (χ4v) is 1.41. The number of nitrogens with two attached hydrogens (primary N) is 2. The first-order valence-corrected chi connectivity index (χ1v) is 4.71. The van der Waals surface area contributed by atoms with Crippen LogP contribution < -0.4 is 11.5 Å². The maximum absolute atomic E-state index is 8.71. The summed E-state index contributed by atoms with van der Waals surface area (Å²) in [4.78, 5) is 3.95. The number of halogens is 1. The van der Waals surface area contributed by atoms with Crippen LogP contribution in [0.3, 0.4) is 0 Å². The molecule has 1 aromatic heterocycles. The Morgan fingerprint density at radius 3 is 2.92 bits per heavy atom. The van der Waals surface area contributed by atoms with Crippen molar-refractivity contribution in [3.63, 3.8) is 0 Å². The molecule has 1 atom stereocenters. The minimum Gasteiger partial charge on any atom is -0.396 e. The van der Waals surface area contributed by atoms with Crippen LogP contribution in [0, 0.1) is 0 Å². The van der Waals surface area contributed by atoms with Crippen LogP contribution in [0.5, 0.6) is 0 Å². The van der Waals surface area contributed by atoms with Crippen molar-refractivity contribution in [1.82, 2.24) is 4.98 Å². The number of nitrogens with zero attached hydrogens (tertiary/aromatic N) is 1.